The molecule has 0 amide bonds. The summed E-state index contributed by atoms with van der Waals surface area (Å²) in [6.45, 7) is -1.11. The topological polar surface area (TPSA) is 22.1 Å². The first-order chi connectivity index (χ1) is 5.20. The van der Waals surface area contributed by atoms with Crippen molar-refractivity contribution < 1.29 is 13.5 Å². The number of hydrogen-bond donors (Lipinski definition) is 0. The Morgan fingerprint density at radius 1 is 1.55 bits per heavy atom. The molecule has 60 valence electrons. The summed E-state index contributed by atoms with van der Waals surface area (Å²) in [6.07, 6.45) is 2.88. The lowest BCUT2D eigenvalue weighted by atomic mass is 10.3. The van der Waals surface area contributed by atoms with Gasteiger partial charge in [-0.1, -0.05) is 0 Å². The second-order valence-corrected chi connectivity index (χ2v) is 2.02. The fourth-order valence-corrected chi connectivity index (χ4v) is 0.689. The fraction of sp³-hybridized carbons (Fsp3) is 0.286. The number of pyridine rings is 1. The number of aromatic nitrogens is 1. The van der Waals surface area contributed by atoms with Crippen LogP contribution in [0.5, 0.6) is 5.75 Å². The lowest BCUT2D eigenvalue weighted by Crippen LogP contribution is -2.03. The second kappa shape index (κ2) is 3.27. The van der Waals surface area contributed by atoms with Gasteiger partial charge < -0.3 is 4.74 Å². The molecule has 1 heterocycles. The van der Waals surface area contributed by atoms with E-state index < -0.39 is 6.61 Å². The Morgan fingerprint density at radius 3 is 2.82 bits per heavy atom. The van der Waals surface area contributed by atoms with Crippen LogP contribution in [0.15, 0.2) is 18.5 Å². The average Bonchev–Trinajstić information content (AvgIpc) is 1.93. The van der Waals surface area contributed by atoms with Crippen molar-refractivity contribution in [2.24, 2.45) is 0 Å². The summed E-state index contributed by atoms with van der Waals surface area (Å²) in [5.74, 6) is 0.176. The minimum absolute atomic E-state index is 0.176. The molecule has 0 saturated heterocycles. The van der Waals surface area contributed by atoms with Crippen LogP contribution in [-0.2, 0) is 0 Å². The van der Waals surface area contributed by atoms with Crippen LogP contribution in [0.3, 0.4) is 0 Å². The molecule has 0 saturated carbocycles. The molecular weight excluding hydrogens is 152 g/mol. The highest BCUT2D eigenvalue weighted by atomic mass is 19.3. The molecular formula is C7H7F2NO. The number of hydrogen-bond acceptors (Lipinski definition) is 2. The number of aryl methyl sites for hydroxylation is 1. The van der Waals surface area contributed by atoms with Crippen molar-refractivity contribution in [2.45, 2.75) is 13.5 Å². The maximum atomic E-state index is 11.7. The summed E-state index contributed by atoms with van der Waals surface area (Å²) >= 11 is 0. The van der Waals surface area contributed by atoms with Gasteiger partial charge in [0.2, 0.25) is 0 Å². The van der Waals surface area contributed by atoms with Gasteiger partial charge in [0.15, 0.2) is 0 Å². The molecule has 1 aromatic heterocycles. The van der Waals surface area contributed by atoms with E-state index in [1.54, 1.807) is 6.92 Å². The van der Waals surface area contributed by atoms with E-state index in [4.69, 9.17) is 0 Å². The standard InChI is InChI=1S/C7H7F2NO/c1-5-4-10-3-2-6(5)11-7(8)9/h2-4,7H,1H3. The van der Waals surface area contributed by atoms with Crippen LogP contribution >= 0.6 is 0 Å². The van der Waals surface area contributed by atoms with Crippen molar-refractivity contribution in [3.8, 4) is 5.75 Å². The Balaban J connectivity index is 2.78. The molecule has 0 aliphatic carbocycles. The van der Waals surface area contributed by atoms with Gasteiger partial charge in [-0.2, -0.15) is 8.78 Å². The SMILES string of the molecule is Cc1cnccc1OC(F)F. The Bertz CT molecular complexity index is 240. The van der Waals surface area contributed by atoms with Gasteiger partial charge in [-0.15, -0.1) is 0 Å². The van der Waals surface area contributed by atoms with Crippen molar-refractivity contribution in [2.75, 3.05) is 0 Å². The Morgan fingerprint density at radius 2 is 2.27 bits per heavy atom. The summed E-state index contributed by atoms with van der Waals surface area (Å²) in [5, 5.41) is 0. The largest absolute Gasteiger partial charge is 0.434 e. The van der Waals surface area contributed by atoms with Gasteiger partial charge in [0.25, 0.3) is 0 Å². The van der Waals surface area contributed by atoms with E-state index in [1.807, 2.05) is 0 Å². The highest BCUT2D eigenvalue weighted by molar-refractivity contribution is 5.28. The van der Waals surface area contributed by atoms with Crippen molar-refractivity contribution in [1.82, 2.24) is 4.98 Å². The summed E-state index contributed by atoms with van der Waals surface area (Å²) < 4.78 is 27.5. The van der Waals surface area contributed by atoms with Crippen LogP contribution in [0, 0.1) is 6.92 Å². The van der Waals surface area contributed by atoms with Gasteiger partial charge in [0, 0.05) is 18.0 Å². The summed E-state index contributed by atoms with van der Waals surface area (Å²) in [5.41, 5.74) is 0.604. The molecule has 1 rings (SSSR count). The summed E-state index contributed by atoms with van der Waals surface area (Å²) in [4.78, 5) is 3.73. The average molecular weight is 159 g/mol. The van der Waals surface area contributed by atoms with E-state index in [1.165, 1.54) is 18.5 Å². The lowest BCUT2D eigenvalue weighted by Gasteiger charge is -2.05. The molecule has 0 aliphatic heterocycles. The van der Waals surface area contributed by atoms with Gasteiger partial charge in [-0.25, -0.2) is 0 Å². The number of halogens is 2. The Hall–Kier alpha value is -1.19. The molecule has 0 radical (unpaired) electrons. The van der Waals surface area contributed by atoms with E-state index in [2.05, 4.69) is 9.72 Å². The highest BCUT2D eigenvalue weighted by Crippen LogP contribution is 2.16. The first kappa shape index (κ1) is 7.91. The highest BCUT2D eigenvalue weighted by Gasteiger charge is 2.05. The maximum absolute atomic E-state index is 11.7. The number of alkyl halides is 2. The van der Waals surface area contributed by atoms with Crippen molar-refractivity contribution in [3.63, 3.8) is 0 Å². The van der Waals surface area contributed by atoms with Gasteiger partial charge in [0.05, 0.1) is 0 Å². The number of nitrogens with zero attached hydrogens (tertiary/aromatic N) is 1. The van der Waals surface area contributed by atoms with Crippen LogP contribution in [0.1, 0.15) is 5.56 Å². The molecule has 2 nitrogen and oxygen atoms in total. The zero-order valence-electron chi connectivity index (χ0n) is 5.92. The molecule has 0 bridgehead atoms. The van der Waals surface area contributed by atoms with Crippen LogP contribution in [-0.4, -0.2) is 11.6 Å². The number of rotatable bonds is 2. The molecule has 4 heteroatoms. The van der Waals surface area contributed by atoms with Gasteiger partial charge in [-0.3, -0.25) is 4.98 Å². The first-order valence-electron chi connectivity index (χ1n) is 3.05. The third kappa shape index (κ3) is 2.14. The van der Waals surface area contributed by atoms with Gasteiger partial charge in [-0.05, 0) is 13.0 Å². The minimum Gasteiger partial charge on any atom is -0.434 e. The predicted molar refractivity (Wildman–Crippen MR) is 35.6 cm³/mol. The first-order valence-corrected chi connectivity index (χ1v) is 3.05. The zero-order valence-corrected chi connectivity index (χ0v) is 5.92. The van der Waals surface area contributed by atoms with E-state index in [9.17, 15) is 8.78 Å². The number of ether oxygens (including phenoxy) is 1. The predicted octanol–water partition coefficient (Wildman–Crippen LogP) is 1.99. The third-order valence-corrected chi connectivity index (χ3v) is 1.18. The van der Waals surface area contributed by atoms with Crippen molar-refractivity contribution >= 4 is 0 Å². The third-order valence-electron chi connectivity index (χ3n) is 1.18. The summed E-state index contributed by atoms with van der Waals surface area (Å²) in [6, 6.07) is 1.40. The van der Waals surface area contributed by atoms with Crippen LogP contribution < -0.4 is 4.74 Å². The minimum atomic E-state index is -2.77. The smallest absolute Gasteiger partial charge is 0.387 e. The van der Waals surface area contributed by atoms with E-state index in [0.717, 1.165) is 0 Å². The molecule has 0 unspecified atom stereocenters. The zero-order chi connectivity index (χ0) is 8.27. The lowest BCUT2D eigenvalue weighted by molar-refractivity contribution is -0.0503. The quantitative estimate of drug-likeness (QED) is 0.658. The van der Waals surface area contributed by atoms with E-state index >= 15 is 0 Å². The van der Waals surface area contributed by atoms with Crippen LogP contribution in [0.4, 0.5) is 8.78 Å². The molecule has 0 aromatic carbocycles. The maximum Gasteiger partial charge on any atom is 0.387 e. The second-order valence-electron chi connectivity index (χ2n) is 2.02. The van der Waals surface area contributed by atoms with E-state index in [-0.39, 0.29) is 5.75 Å². The molecule has 11 heavy (non-hydrogen) atoms. The van der Waals surface area contributed by atoms with Crippen LogP contribution in [0.25, 0.3) is 0 Å². The van der Waals surface area contributed by atoms with Gasteiger partial charge in [0.1, 0.15) is 5.75 Å². The fourth-order valence-electron chi connectivity index (χ4n) is 0.689. The van der Waals surface area contributed by atoms with E-state index in [0.29, 0.717) is 5.56 Å². The van der Waals surface area contributed by atoms with Crippen LogP contribution in [0.2, 0.25) is 0 Å². The molecule has 0 N–H and O–H groups in total. The molecule has 1 aromatic rings. The normalized spacial score (nSPS) is 10.2. The Kier molecular flexibility index (Phi) is 2.36. The molecule has 0 spiro atoms. The monoisotopic (exact) mass is 159 g/mol. The molecule has 0 fully saturated rings. The Labute approximate surface area is 62.8 Å². The molecule has 0 atom stereocenters. The molecule has 0 aliphatic rings. The summed E-state index contributed by atoms with van der Waals surface area (Å²) in [7, 11) is 0. The van der Waals surface area contributed by atoms with Gasteiger partial charge >= 0.3 is 6.61 Å². The van der Waals surface area contributed by atoms with Crippen molar-refractivity contribution in [3.05, 3.63) is 24.0 Å². The van der Waals surface area contributed by atoms with Crippen molar-refractivity contribution in [1.29, 1.82) is 0 Å².